The highest BCUT2D eigenvalue weighted by Crippen LogP contribution is 2.62. The lowest BCUT2D eigenvalue weighted by atomic mass is 10.4. The quantitative estimate of drug-likeness (QED) is 0.461. The van der Waals surface area contributed by atoms with Gasteiger partial charge in [-0.3, -0.25) is 0 Å². The maximum absolute atomic E-state index is 5.83. The van der Waals surface area contributed by atoms with Crippen molar-refractivity contribution in [1.82, 2.24) is 4.67 Å². The van der Waals surface area contributed by atoms with Crippen LogP contribution in [0.1, 0.15) is 40.5 Å². The fourth-order valence-corrected chi connectivity index (χ4v) is 7.81. The molecule has 0 aliphatic rings. The van der Waals surface area contributed by atoms with Crippen molar-refractivity contribution < 1.29 is 4.52 Å². The van der Waals surface area contributed by atoms with E-state index in [4.69, 9.17) is 16.3 Å². The van der Waals surface area contributed by atoms with Gasteiger partial charge in [-0.05, 0) is 25.2 Å². The van der Waals surface area contributed by atoms with E-state index in [9.17, 15) is 0 Å². The van der Waals surface area contributed by atoms with Crippen LogP contribution in [0.5, 0.6) is 0 Å². The van der Waals surface area contributed by atoms with E-state index >= 15 is 0 Å². The minimum Gasteiger partial charge on any atom is -0.331 e. The number of hydrogen-bond donors (Lipinski definition) is 0. The lowest BCUT2D eigenvalue weighted by Crippen LogP contribution is -2.19. The number of hydrogen-bond acceptors (Lipinski definition) is 3. The molecule has 0 spiro atoms. The van der Waals surface area contributed by atoms with Crippen molar-refractivity contribution in [2.75, 3.05) is 25.4 Å². The minimum absolute atomic E-state index is 0.729. The molecule has 0 aromatic rings. The van der Waals surface area contributed by atoms with E-state index in [-0.39, 0.29) is 0 Å². The summed E-state index contributed by atoms with van der Waals surface area (Å²) in [5, 5.41) is 0. The van der Waals surface area contributed by atoms with Gasteiger partial charge in [0.15, 0.2) is 5.62 Å². The summed E-state index contributed by atoms with van der Waals surface area (Å²) in [6, 6.07) is 0. The Morgan fingerprint density at radius 3 is 2.20 bits per heavy atom. The van der Waals surface area contributed by atoms with Gasteiger partial charge in [-0.1, -0.05) is 38.6 Å². The highest BCUT2D eigenvalue weighted by atomic mass is 32.9. The molecule has 0 rings (SSSR count). The molecule has 0 saturated carbocycles. The topological polar surface area (TPSA) is 12.5 Å². The van der Waals surface area contributed by atoms with Crippen molar-refractivity contribution >= 4 is 28.8 Å². The SMILES string of the molecule is CCCCS[P@](=S)(OCC)N(CC)CC. The first-order valence-corrected chi connectivity index (χ1v) is 10.0. The molecular weight excluding hydrogens is 245 g/mol. The van der Waals surface area contributed by atoms with Gasteiger partial charge in [0.1, 0.15) is 0 Å². The zero-order valence-corrected chi connectivity index (χ0v) is 12.9. The summed E-state index contributed by atoms with van der Waals surface area (Å²) < 4.78 is 8.15. The van der Waals surface area contributed by atoms with E-state index in [0.717, 1.165) is 25.4 Å². The molecule has 1 atom stereocenters. The average Bonchev–Trinajstić information content (AvgIpc) is 2.20. The van der Waals surface area contributed by atoms with E-state index in [1.54, 1.807) is 0 Å². The third-order valence-electron chi connectivity index (χ3n) is 2.12. The molecule has 5 heteroatoms. The average molecular weight is 269 g/mol. The zero-order valence-electron chi connectivity index (χ0n) is 10.4. The predicted molar refractivity (Wildman–Crippen MR) is 76.2 cm³/mol. The van der Waals surface area contributed by atoms with Gasteiger partial charge in [-0.25, -0.2) is 4.67 Å². The number of unbranched alkanes of at least 4 members (excludes halogenated alkanes) is 1. The van der Waals surface area contributed by atoms with E-state index in [2.05, 4.69) is 25.4 Å². The molecule has 15 heavy (non-hydrogen) atoms. The van der Waals surface area contributed by atoms with Crippen molar-refractivity contribution in [1.29, 1.82) is 0 Å². The van der Waals surface area contributed by atoms with Crippen LogP contribution in [0.2, 0.25) is 0 Å². The number of nitrogens with zero attached hydrogens (tertiary/aromatic N) is 1. The van der Waals surface area contributed by atoms with Crippen LogP contribution in [-0.4, -0.2) is 30.1 Å². The largest absolute Gasteiger partial charge is 0.331 e. The molecule has 0 aliphatic carbocycles. The monoisotopic (exact) mass is 269 g/mol. The molecule has 0 aliphatic heterocycles. The van der Waals surface area contributed by atoms with E-state index < -0.39 is 5.62 Å². The van der Waals surface area contributed by atoms with Gasteiger partial charge in [-0.2, -0.15) is 0 Å². The molecule has 0 unspecified atom stereocenters. The molecule has 0 saturated heterocycles. The maximum Gasteiger partial charge on any atom is 0.188 e. The molecule has 0 aromatic carbocycles. The summed E-state index contributed by atoms with van der Waals surface area (Å²) in [7, 11) is 0. The Kier molecular flexibility index (Phi) is 9.55. The Bertz CT molecular complexity index is 198. The first kappa shape index (κ1) is 15.9. The minimum atomic E-state index is -1.78. The highest BCUT2D eigenvalue weighted by molar-refractivity contribution is 8.68. The van der Waals surface area contributed by atoms with Gasteiger partial charge in [0.25, 0.3) is 0 Å². The lowest BCUT2D eigenvalue weighted by molar-refractivity contribution is 0.339. The molecule has 0 amide bonds. The molecule has 0 N–H and O–H groups in total. The number of rotatable bonds is 9. The van der Waals surface area contributed by atoms with Gasteiger partial charge in [0.05, 0.1) is 6.61 Å². The summed E-state index contributed by atoms with van der Waals surface area (Å²) in [6.07, 6.45) is 2.46. The fraction of sp³-hybridized carbons (Fsp3) is 1.00. The van der Waals surface area contributed by atoms with Crippen LogP contribution >= 0.6 is 17.0 Å². The summed E-state index contributed by atoms with van der Waals surface area (Å²) in [6.45, 7) is 11.3. The molecule has 0 radical (unpaired) electrons. The van der Waals surface area contributed by atoms with Crippen LogP contribution in [0, 0.1) is 0 Å². The summed E-state index contributed by atoms with van der Waals surface area (Å²) in [5.41, 5.74) is -1.78. The molecule has 0 bridgehead atoms. The Morgan fingerprint density at radius 1 is 1.20 bits per heavy atom. The predicted octanol–water partition coefficient (Wildman–Crippen LogP) is 4.12. The molecule has 0 fully saturated rings. The summed E-state index contributed by atoms with van der Waals surface area (Å²) >= 11 is 7.57. The first-order chi connectivity index (χ1) is 7.14. The van der Waals surface area contributed by atoms with Crippen LogP contribution in [-0.2, 0) is 16.3 Å². The second-order valence-corrected chi connectivity index (χ2v) is 10.1. The highest BCUT2D eigenvalue weighted by Gasteiger charge is 2.24. The van der Waals surface area contributed by atoms with Crippen molar-refractivity contribution in [3.05, 3.63) is 0 Å². The van der Waals surface area contributed by atoms with Gasteiger partial charge >= 0.3 is 0 Å². The Balaban J connectivity index is 4.35. The van der Waals surface area contributed by atoms with Crippen LogP contribution < -0.4 is 0 Å². The summed E-state index contributed by atoms with van der Waals surface area (Å²) in [4.78, 5) is 0. The second-order valence-electron chi connectivity index (χ2n) is 3.21. The van der Waals surface area contributed by atoms with Crippen molar-refractivity contribution in [2.45, 2.75) is 40.5 Å². The fourth-order valence-electron chi connectivity index (χ4n) is 1.26. The van der Waals surface area contributed by atoms with Crippen LogP contribution in [0.15, 0.2) is 0 Å². The normalized spacial score (nSPS) is 15.5. The van der Waals surface area contributed by atoms with Crippen LogP contribution in [0.25, 0.3) is 0 Å². The first-order valence-electron chi connectivity index (χ1n) is 5.79. The van der Waals surface area contributed by atoms with E-state index in [0.29, 0.717) is 0 Å². The van der Waals surface area contributed by atoms with E-state index in [1.807, 2.05) is 18.3 Å². The smallest absolute Gasteiger partial charge is 0.188 e. The van der Waals surface area contributed by atoms with Gasteiger partial charge in [0.2, 0.25) is 0 Å². The van der Waals surface area contributed by atoms with Crippen molar-refractivity contribution in [3.8, 4) is 0 Å². The summed E-state index contributed by atoms with van der Waals surface area (Å²) in [5.74, 6) is 1.13. The maximum atomic E-state index is 5.83. The van der Waals surface area contributed by atoms with Gasteiger partial charge in [-0.15, -0.1) is 0 Å². The van der Waals surface area contributed by atoms with Gasteiger partial charge < -0.3 is 4.52 Å². The second kappa shape index (κ2) is 9.00. The van der Waals surface area contributed by atoms with Crippen molar-refractivity contribution in [3.63, 3.8) is 0 Å². The van der Waals surface area contributed by atoms with Crippen LogP contribution in [0.4, 0.5) is 0 Å². The third kappa shape index (κ3) is 5.69. The van der Waals surface area contributed by atoms with Crippen LogP contribution in [0.3, 0.4) is 0 Å². The lowest BCUT2D eigenvalue weighted by Gasteiger charge is -2.31. The molecule has 2 nitrogen and oxygen atoms in total. The Hall–Kier alpha value is 0.920. The Labute approximate surface area is 104 Å². The van der Waals surface area contributed by atoms with E-state index in [1.165, 1.54) is 12.8 Å². The molecule has 0 heterocycles. The Morgan fingerprint density at radius 2 is 1.80 bits per heavy atom. The molecular formula is C10H24NOPS2. The molecule has 92 valence electrons. The zero-order chi connectivity index (χ0) is 11.7. The third-order valence-corrected chi connectivity index (χ3v) is 9.25. The molecule has 0 aromatic heterocycles. The standard InChI is InChI=1S/C10H24NOPS2/c1-5-9-10-15-13(14,12-8-4)11(6-2)7-3/h5-10H2,1-4H3/t13-/m0/s1. The van der Waals surface area contributed by atoms with Crippen molar-refractivity contribution in [2.24, 2.45) is 0 Å². The van der Waals surface area contributed by atoms with Gasteiger partial charge in [0, 0.05) is 18.8 Å².